The van der Waals surface area contributed by atoms with Gasteiger partial charge in [-0.2, -0.15) is 0 Å². The van der Waals surface area contributed by atoms with Gasteiger partial charge < -0.3 is 15.1 Å². The van der Waals surface area contributed by atoms with Gasteiger partial charge in [0, 0.05) is 52.2 Å². The summed E-state index contributed by atoms with van der Waals surface area (Å²) in [5.74, 6) is 0.825. The first-order valence-electron chi connectivity index (χ1n) is 9.44. The van der Waals surface area contributed by atoms with E-state index in [9.17, 15) is 15.0 Å². The molecule has 5 nitrogen and oxygen atoms in total. The van der Waals surface area contributed by atoms with Gasteiger partial charge in [0.25, 0.3) is 0 Å². The molecule has 0 spiro atoms. The number of hydrogen-bond acceptors (Lipinski definition) is 4. The Morgan fingerprint density at radius 2 is 1.79 bits per heavy atom. The average Bonchev–Trinajstić information content (AvgIpc) is 2.68. The molecule has 5 heteroatoms. The normalized spacial score (nSPS) is 33.3. The number of aliphatic hydroxyl groups is 2. The topological polar surface area (TPSA) is 64.0 Å². The first kappa shape index (κ1) is 19.7. The third-order valence-electron chi connectivity index (χ3n) is 6.04. The van der Waals surface area contributed by atoms with Crippen molar-refractivity contribution < 1.29 is 15.0 Å². The van der Waals surface area contributed by atoms with E-state index in [1.54, 1.807) is 6.92 Å². The zero-order valence-corrected chi connectivity index (χ0v) is 15.9. The molecule has 0 aromatic heterocycles. The van der Waals surface area contributed by atoms with Crippen LogP contribution in [0.15, 0.2) is 0 Å². The number of amides is 1. The summed E-state index contributed by atoms with van der Waals surface area (Å²) in [7, 11) is 0. The number of carbonyl (C=O) groups excluding carboxylic acids is 1. The van der Waals surface area contributed by atoms with Crippen LogP contribution < -0.4 is 0 Å². The molecular weight excluding hydrogens is 304 g/mol. The maximum Gasteiger partial charge on any atom is 0.219 e. The van der Waals surface area contributed by atoms with E-state index in [1.807, 2.05) is 4.90 Å². The Balaban J connectivity index is 1.93. The van der Waals surface area contributed by atoms with E-state index in [0.717, 1.165) is 38.8 Å². The summed E-state index contributed by atoms with van der Waals surface area (Å²) in [6, 6.07) is 0. The highest BCUT2D eigenvalue weighted by molar-refractivity contribution is 5.73. The Kier molecular flexibility index (Phi) is 6.32. The van der Waals surface area contributed by atoms with Crippen LogP contribution in [-0.4, -0.2) is 70.9 Å². The highest BCUT2D eigenvalue weighted by atomic mass is 16.3. The summed E-state index contributed by atoms with van der Waals surface area (Å²) in [6.07, 6.45) is 3.87. The van der Waals surface area contributed by atoms with Crippen LogP contribution in [-0.2, 0) is 4.79 Å². The van der Waals surface area contributed by atoms with Gasteiger partial charge in [0.2, 0.25) is 5.91 Å². The minimum Gasteiger partial charge on any atom is -0.396 e. The Bertz CT molecular complexity index is 425. The predicted octanol–water partition coefficient (Wildman–Crippen LogP) is 1.73. The largest absolute Gasteiger partial charge is 0.396 e. The van der Waals surface area contributed by atoms with Gasteiger partial charge in [-0.1, -0.05) is 20.8 Å². The fourth-order valence-corrected chi connectivity index (χ4v) is 4.32. The highest BCUT2D eigenvalue weighted by Gasteiger charge is 2.39. The Morgan fingerprint density at radius 3 is 2.29 bits per heavy atom. The predicted molar refractivity (Wildman–Crippen MR) is 95.6 cm³/mol. The average molecular weight is 341 g/mol. The number of aliphatic hydroxyl groups excluding tert-OH is 1. The third kappa shape index (κ3) is 5.17. The molecule has 0 bridgehead atoms. The van der Waals surface area contributed by atoms with E-state index < -0.39 is 5.60 Å². The van der Waals surface area contributed by atoms with Crippen molar-refractivity contribution in [1.82, 2.24) is 9.80 Å². The van der Waals surface area contributed by atoms with Gasteiger partial charge in [-0.05, 0) is 37.0 Å². The number of β-amino-alcohol motifs (C(OH)–C–C–N with tert-alkyl or cyclic N) is 1. The zero-order chi connectivity index (χ0) is 18.0. The van der Waals surface area contributed by atoms with Crippen LogP contribution in [0.5, 0.6) is 0 Å². The molecule has 1 saturated carbocycles. The Morgan fingerprint density at radius 1 is 1.17 bits per heavy atom. The molecule has 0 aromatic carbocycles. The molecule has 2 N–H and O–H groups in total. The van der Waals surface area contributed by atoms with Crippen LogP contribution in [0.3, 0.4) is 0 Å². The molecule has 140 valence electrons. The van der Waals surface area contributed by atoms with Gasteiger partial charge >= 0.3 is 0 Å². The number of rotatable bonds is 3. The van der Waals surface area contributed by atoms with Crippen molar-refractivity contribution in [2.75, 3.05) is 39.3 Å². The van der Waals surface area contributed by atoms with Crippen molar-refractivity contribution >= 4 is 5.91 Å². The minimum absolute atomic E-state index is 0.0692. The van der Waals surface area contributed by atoms with Crippen LogP contribution in [0.4, 0.5) is 0 Å². The van der Waals surface area contributed by atoms with Crippen molar-refractivity contribution in [3.63, 3.8) is 0 Å². The summed E-state index contributed by atoms with van der Waals surface area (Å²) in [6.45, 7) is 12.0. The lowest BCUT2D eigenvalue weighted by atomic mass is 9.68. The summed E-state index contributed by atoms with van der Waals surface area (Å²) >= 11 is 0. The van der Waals surface area contributed by atoms with Crippen LogP contribution in [0.25, 0.3) is 0 Å². The van der Waals surface area contributed by atoms with E-state index in [0.29, 0.717) is 31.0 Å². The lowest BCUT2D eigenvalue weighted by molar-refractivity contribution is -0.129. The van der Waals surface area contributed by atoms with Crippen molar-refractivity contribution in [3.8, 4) is 0 Å². The van der Waals surface area contributed by atoms with Gasteiger partial charge in [-0.15, -0.1) is 0 Å². The number of carbonyl (C=O) groups is 1. The molecule has 1 aliphatic heterocycles. The van der Waals surface area contributed by atoms with Gasteiger partial charge in [-0.25, -0.2) is 0 Å². The van der Waals surface area contributed by atoms with Crippen LogP contribution >= 0.6 is 0 Å². The summed E-state index contributed by atoms with van der Waals surface area (Å²) in [5.41, 5.74) is -0.305. The van der Waals surface area contributed by atoms with Gasteiger partial charge in [0.05, 0.1) is 5.60 Å². The molecular formula is C19H36N2O3. The lowest BCUT2D eigenvalue weighted by Gasteiger charge is -2.43. The zero-order valence-electron chi connectivity index (χ0n) is 15.9. The van der Waals surface area contributed by atoms with E-state index in [-0.39, 0.29) is 18.4 Å². The van der Waals surface area contributed by atoms with Gasteiger partial charge in [-0.3, -0.25) is 9.69 Å². The van der Waals surface area contributed by atoms with E-state index in [1.165, 1.54) is 0 Å². The Hall–Kier alpha value is -0.650. The van der Waals surface area contributed by atoms with Crippen molar-refractivity contribution in [1.29, 1.82) is 0 Å². The maximum atomic E-state index is 11.7. The van der Waals surface area contributed by atoms with E-state index in [2.05, 4.69) is 25.7 Å². The summed E-state index contributed by atoms with van der Waals surface area (Å²) < 4.78 is 0. The van der Waals surface area contributed by atoms with Crippen molar-refractivity contribution in [2.45, 2.75) is 59.0 Å². The van der Waals surface area contributed by atoms with Crippen molar-refractivity contribution in [2.24, 2.45) is 17.3 Å². The molecule has 1 saturated heterocycles. The van der Waals surface area contributed by atoms with Gasteiger partial charge in [0.15, 0.2) is 0 Å². The van der Waals surface area contributed by atoms with E-state index >= 15 is 0 Å². The smallest absolute Gasteiger partial charge is 0.219 e. The monoisotopic (exact) mass is 340 g/mol. The SMILES string of the molecule is CC(=O)N1CCN(CC2(O)CCC(C(C)(C)C)CC2)C[C@H](CO)C1. The number of hydrogen-bond donors (Lipinski definition) is 2. The molecule has 2 fully saturated rings. The van der Waals surface area contributed by atoms with Crippen LogP contribution in [0, 0.1) is 17.3 Å². The molecule has 0 aromatic rings. The van der Waals surface area contributed by atoms with Crippen LogP contribution in [0.2, 0.25) is 0 Å². The second kappa shape index (κ2) is 7.71. The van der Waals surface area contributed by atoms with E-state index in [4.69, 9.17) is 0 Å². The minimum atomic E-state index is -0.618. The second-order valence-electron chi connectivity index (χ2n) is 9.11. The molecule has 1 aliphatic carbocycles. The number of nitrogens with zero attached hydrogens (tertiary/aromatic N) is 2. The maximum absolute atomic E-state index is 11.7. The summed E-state index contributed by atoms with van der Waals surface area (Å²) in [5, 5.41) is 20.6. The molecule has 1 heterocycles. The molecule has 2 aliphatic rings. The third-order valence-corrected chi connectivity index (χ3v) is 6.04. The molecule has 0 unspecified atom stereocenters. The second-order valence-corrected chi connectivity index (χ2v) is 9.11. The first-order valence-corrected chi connectivity index (χ1v) is 9.44. The fourth-order valence-electron chi connectivity index (χ4n) is 4.32. The lowest BCUT2D eigenvalue weighted by Crippen LogP contribution is -2.48. The summed E-state index contributed by atoms with van der Waals surface area (Å²) in [4.78, 5) is 15.8. The fraction of sp³-hybridized carbons (Fsp3) is 0.947. The quantitative estimate of drug-likeness (QED) is 0.821. The first-order chi connectivity index (χ1) is 11.1. The molecule has 0 radical (unpaired) electrons. The Labute approximate surface area is 147 Å². The molecule has 1 atom stereocenters. The van der Waals surface area contributed by atoms with Crippen molar-refractivity contribution in [3.05, 3.63) is 0 Å². The molecule has 2 rings (SSSR count). The van der Waals surface area contributed by atoms with Gasteiger partial charge in [0.1, 0.15) is 0 Å². The van der Waals surface area contributed by atoms with Crippen LogP contribution in [0.1, 0.15) is 53.4 Å². The molecule has 24 heavy (non-hydrogen) atoms. The molecule has 1 amide bonds. The highest BCUT2D eigenvalue weighted by Crippen LogP contribution is 2.41. The standard InChI is InChI=1S/C19H36N2O3/c1-15(23)21-10-9-20(11-16(12-21)13-22)14-19(24)7-5-17(6-8-19)18(2,3)4/h16-17,22,24H,5-14H2,1-4H3/t16-,17?,19?/m0/s1.